The van der Waals surface area contributed by atoms with Gasteiger partial charge in [-0.25, -0.2) is 13.8 Å². The molecule has 0 fully saturated rings. The Hall–Kier alpha value is -3.25. The number of fused-ring (bicyclic) bond motifs is 1. The van der Waals surface area contributed by atoms with Crippen LogP contribution in [0.4, 0.5) is 8.78 Å². The molecule has 0 saturated carbocycles. The summed E-state index contributed by atoms with van der Waals surface area (Å²) in [6, 6.07) is 17.7. The number of rotatable bonds is 7. The molecule has 4 rings (SSSR count). The molecule has 0 atom stereocenters. The van der Waals surface area contributed by atoms with Crippen LogP contribution in [0.25, 0.3) is 11.0 Å². The predicted octanol–water partition coefficient (Wildman–Crippen LogP) is 5.38. The summed E-state index contributed by atoms with van der Waals surface area (Å²) in [5, 5.41) is 3.20. The highest BCUT2D eigenvalue weighted by Crippen LogP contribution is 2.24. The van der Waals surface area contributed by atoms with Gasteiger partial charge in [-0.2, -0.15) is 0 Å². The van der Waals surface area contributed by atoms with Crippen LogP contribution in [0, 0.1) is 11.6 Å². The number of imidazole rings is 1. The summed E-state index contributed by atoms with van der Waals surface area (Å²) in [6.45, 7) is 0.698. The monoisotopic (exact) mass is 439 g/mol. The van der Waals surface area contributed by atoms with Crippen LogP contribution in [0.5, 0.6) is 0 Å². The molecule has 0 aliphatic carbocycles. The van der Waals surface area contributed by atoms with Crippen molar-refractivity contribution in [3.05, 3.63) is 100 Å². The Balaban J connectivity index is 1.48. The molecule has 7 heteroatoms. The number of carbonyl (C=O) groups excluding carboxylic acids is 1. The second-order valence-electron chi connectivity index (χ2n) is 7.17. The molecular weight excluding hydrogens is 420 g/mol. The summed E-state index contributed by atoms with van der Waals surface area (Å²) in [5.41, 5.74) is 2.54. The van der Waals surface area contributed by atoms with Crippen molar-refractivity contribution in [2.45, 2.75) is 19.4 Å². The maximum atomic E-state index is 14.4. The van der Waals surface area contributed by atoms with Crippen LogP contribution in [0.2, 0.25) is 5.02 Å². The zero-order valence-electron chi connectivity index (χ0n) is 16.6. The molecule has 0 unspecified atom stereocenters. The number of benzene rings is 3. The molecule has 0 radical (unpaired) electrons. The molecule has 0 bridgehead atoms. The molecule has 1 amide bonds. The third kappa shape index (κ3) is 4.75. The molecule has 1 N–H and O–H groups in total. The van der Waals surface area contributed by atoms with E-state index in [9.17, 15) is 13.6 Å². The van der Waals surface area contributed by atoms with E-state index in [1.54, 1.807) is 12.1 Å². The van der Waals surface area contributed by atoms with Crippen molar-refractivity contribution in [3.63, 3.8) is 0 Å². The van der Waals surface area contributed by atoms with Gasteiger partial charge in [0.15, 0.2) is 0 Å². The molecular formula is C24H20ClF2N3O. The van der Waals surface area contributed by atoms with Crippen molar-refractivity contribution < 1.29 is 13.6 Å². The van der Waals surface area contributed by atoms with Gasteiger partial charge < -0.3 is 9.88 Å². The second kappa shape index (κ2) is 9.27. The van der Waals surface area contributed by atoms with Crippen LogP contribution in [0.1, 0.15) is 28.2 Å². The van der Waals surface area contributed by atoms with Crippen molar-refractivity contribution in [1.29, 1.82) is 0 Å². The van der Waals surface area contributed by atoms with Gasteiger partial charge in [0.2, 0.25) is 0 Å². The molecule has 0 aliphatic heterocycles. The van der Waals surface area contributed by atoms with Crippen LogP contribution in [0.3, 0.4) is 0 Å². The number of hydrogen-bond acceptors (Lipinski definition) is 2. The van der Waals surface area contributed by atoms with Crippen molar-refractivity contribution in [2.24, 2.45) is 0 Å². The molecule has 4 aromatic rings. The van der Waals surface area contributed by atoms with Crippen molar-refractivity contribution in [1.82, 2.24) is 14.9 Å². The molecule has 0 saturated heterocycles. The number of nitrogens with one attached hydrogen (secondary N) is 1. The van der Waals surface area contributed by atoms with Gasteiger partial charge in [-0.05, 0) is 55.0 Å². The first kappa shape index (κ1) is 21.0. The summed E-state index contributed by atoms with van der Waals surface area (Å²) < 4.78 is 29.3. The standard InChI is InChI=1S/C24H20ClF2N3O/c25-19-5-3-6-20(27)18(19)15-30-22-8-2-1-7-21(22)29-23(30)9-4-14-28-24(31)16-10-12-17(26)13-11-16/h1-3,5-8,10-13H,4,9,14-15H2,(H,28,31). The minimum absolute atomic E-state index is 0.258. The van der Waals surface area contributed by atoms with Crippen LogP contribution in [0.15, 0.2) is 66.7 Å². The van der Waals surface area contributed by atoms with Gasteiger partial charge in [0.25, 0.3) is 5.91 Å². The summed E-state index contributed by atoms with van der Waals surface area (Å²) in [4.78, 5) is 16.9. The zero-order valence-corrected chi connectivity index (χ0v) is 17.4. The topological polar surface area (TPSA) is 46.9 Å². The number of hydrogen-bond donors (Lipinski definition) is 1. The maximum Gasteiger partial charge on any atom is 0.251 e. The zero-order chi connectivity index (χ0) is 21.8. The SMILES string of the molecule is O=C(NCCCc1nc2ccccc2n1Cc1c(F)cccc1Cl)c1ccc(F)cc1. The molecule has 1 aromatic heterocycles. The maximum absolute atomic E-state index is 14.4. The molecule has 0 spiro atoms. The lowest BCUT2D eigenvalue weighted by molar-refractivity contribution is 0.0953. The van der Waals surface area contributed by atoms with E-state index in [1.165, 1.54) is 30.3 Å². The fourth-order valence-corrected chi connectivity index (χ4v) is 3.71. The average Bonchev–Trinajstić information content (AvgIpc) is 3.11. The third-order valence-electron chi connectivity index (χ3n) is 5.08. The minimum atomic E-state index is -0.384. The fraction of sp³-hybridized carbons (Fsp3) is 0.167. The van der Waals surface area contributed by atoms with Gasteiger partial charge in [0, 0.05) is 29.1 Å². The van der Waals surface area contributed by atoms with Crippen LogP contribution < -0.4 is 5.32 Å². The van der Waals surface area contributed by atoms with Crippen LogP contribution in [-0.2, 0) is 13.0 Å². The number of aryl methyl sites for hydroxylation is 1. The quantitative estimate of drug-likeness (QED) is 0.393. The number of amides is 1. The first-order chi connectivity index (χ1) is 15.0. The smallest absolute Gasteiger partial charge is 0.251 e. The van der Waals surface area contributed by atoms with Crippen LogP contribution in [-0.4, -0.2) is 22.0 Å². The number of carbonyl (C=O) groups is 1. The molecule has 158 valence electrons. The Morgan fingerprint density at radius 2 is 1.77 bits per heavy atom. The largest absolute Gasteiger partial charge is 0.352 e. The lowest BCUT2D eigenvalue weighted by atomic mass is 10.2. The first-order valence-corrected chi connectivity index (χ1v) is 10.3. The molecule has 4 nitrogen and oxygen atoms in total. The number of nitrogens with zero attached hydrogens (tertiary/aromatic N) is 2. The van der Waals surface area contributed by atoms with Gasteiger partial charge in [0.05, 0.1) is 17.6 Å². The van der Waals surface area contributed by atoms with E-state index in [0.29, 0.717) is 35.5 Å². The summed E-state index contributed by atoms with van der Waals surface area (Å²) in [6.07, 6.45) is 1.23. The first-order valence-electron chi connectivity index (χ1n) is 9.94. The summed E-state index contributed by atoms with van der Waals surface area (Å²) >= 11 is 6.23. The van der Waals surface area contributed by atoms with Gasteiger partial charge in [0.1, 0.15) is 17.5 Å². The number of para-hydroxylation sites is 2. The van der Waals surface area contributed by atoms with Gasteiger partial charge >= 0.3 is 0 Å². The normalized spacial score (nSPS) is 11.1. The van der Waals surface area contributed by atoms with Gasteiger partial charge in [-0.1, -0.05) is 29.8 Å². The van der Waals surface area contributed by atoms with E-state index in [4.69, 9.17) is 16.6 Å². The number of aromatic nitrogens is 2. The molecule has 0 aliphatic rings. The molecule has 1 heterocycles. The highest BCUT2D eigenvalue weighted by Gasteiger charge is 2.15. The van der Waals surface area contributed by atoms with Crippen molar-refractivity contribution >= 4 is 28.5 Å². The van der Waals surface area contributed by atoms with E-state index in [1.807, 2.05) is 28.8 Å². The van der Waals surface area contributed by atoms with E-state index < -0.39 is 0 Å². The Morgan fingerprint density at radius 1 is 1.00 bits per heavy atom. The van der Waals surface area contributed by atoms with Crippen LogP contribution >= 0.6 is 11.6 Å². The van der Waals surface area contributed by atoms with Gasteiger partial charge in [-0.3, -0.25) is 4.79 Å². The van der Waals surface area contributed by atoms with Gasteiger partial charge in [-0.15, -0.1) is 0 Å². The Bertz CT molecular complexity index is 1200. The fourth-order valence-electron chi connectivity index (χ4n) is 3.49. The Kier molecular flexibility index (Phi) is 6.28. The van der Waals surface area contributed by atoms with Crippen molar-refractivity contribution in [2.75, 3.05) is 6.54 Å². The Labute approximate surface area is 183 Å². The predicted molar refractivity (Wildman–Crippen MR) is 117 cm³/mol. The third-order valence-corrected chi connectivity index (χ3v) is 5.43. The lowest BCUT2D eigenvalue weighted by Gasteiger charge is -2.12. The Morgan fingerprint density at radius 3 is 2.55 bits per heavy atom. The summed E-state index contributed by atoms with van der Waals surface area (Å²) in [5.74, 6) is -0.212. The average molecular weight is 440 g/mol. The van der Waals surface area contributed by atoms with E-state index in [-0.39, 0.29) is 24.1 Å². The van der Waals surface area contributed by atoms with Crippen molar-refractivity contribution in [3.8, 4) is 0 Å². The lowest BCUT2D eigenvalue weighted by Crippen LogP contribution is -2.25. The van der Waals surface area contributed by atoms with E-state index in [2.05, 4.69) is 5.32 Å². The second-order valence-corrected chi connectivity index (χ2v) is 7.58. The minimum Gasteiger partial charge on any atom is -0.352 e. The highest BCUT2D eigenvalue weighted by atomic mass is 35.5. The summed E-state index contributed by atoms with van der Waals surface area (Å²) in [7, 11) is 0. The molecule has 31 heavy (non-hydrogen) atoms. The van der Waals surface area contributed by atoms with E-state index in [0.717, 1.165) is 16.9 Å². The highest BCUT2D eigenvalue weighted by molar-refractivity contribution is 6.31. The molecule has 3 aromatic carbocycles. The van der Waals surface area contributed by atoms with E-state index >= 15 is 0 Å². The number of halogens is 3.